The average molecular weight is 2000 g/mol. The minimum atomic E-state index is -0.420. The summed E-state index contributed by atoms with van der Waals surface area (Å²) in [6, 6.07) is 31.1. The number of carbonyl (C=O) groups excluding carboxylic acids is 11. The number of unbranched alkanes of at least 4 members (excludes halogenated alkanes) is 11. The van der Waals surface area contributed by atoms with Gasteiger partial charge in [-0.05, 0) is 322 Å². The van der Waals surface area contributed by atoms with Crippen LogP contribution >= 0.6 is 11.3 Å². The number of furan rings is 1. The summed E-state index contributed by atoms with van der Waals surface area (Å²) in [5, 5.41) is 1.54. The molecule has 5 aromatic carbocycles. The molecule has 0 radical (unpaired) electrons. The van der Waals surface area contributed by atoms with E-state index in [-0.39, 0.29) is 82.9 Å². The minimum absolute atomic E-state index is 0.00886. The Bertz CT molecular complexity index is 4950. The van der Waals surface area contributed by atoms with Crippen molar-refractivity contribution < 1.29 is 133 Å². The van der Waals surface area contributed by atoms with Gasteiger partial charge in [-0.2, -0.15) is 0 Å². The Morgan fingerprint density at radius 3 is 1.10 bits per heavy atom. The third kappa shape index (κ3) is 46.3. The lowest BCUT2D eigenvalue weighted by atomic mass is 9.80. The number of Topliss-reactive ketones (excluding diaryl/α,β-unsaturated/α-hetero) is 2. The molecular formula is C113H151NO28S. The lowest BCUT2D eigenvalue weighted by Gasteiger charge is -2.27. The zero-order valence-electron chi connectivity index (χ0n) is 85.3. The number of hydrogen-bond acceptors (Lipinski definition) is 30. The summed E-state index contributed by atoms with van der Waals surface area (Å²) >= 11 is 1.32. The molecule has 11 rings (SSSR count). The maximum atomic E-state index is 13.2. The first-order valence-electron chi connectivity index (χ1n) is 50.1. The number of ketones is 2. The molecule has 4 aliphatic rings. The second-order valence-corrected chi connectivity index (χ2v) is 36.4. The molecule has 0 N–H and O–H groups in total. The fraction of sp³-hybridized carbons (Fsp3) is 0.522. The summed E-state index contributed by atoms with van der Waals surface area (Å²) < 4.78 is 90.5. The third-order valence-corrected chi connectivity index (χ3v) is 26.3. The number of thiazole rings is 1. The Balaban J connectivity index is 0.000000275. The number of aryl methyl sites for hydroxylation is 2. The molecule has 4 aliphatic carbocycles. The van der Waals surface area contributed by atoms with Gasteiger partial charge in [-0.1, -0.05) is 70.7 Å². The highest BCUT2D eigenvalue weighted by Gasteiger charge is 2.34. The first kappa shape index (κ1) is 119. The normalized spacial score (nSPS) is 17.1. The second kappa shape index (κ2) is 69.6. The number of nitrogens with zero attached hydrogens (tertiary/aromatic N) is 1. The number of carbonyl (C=O) groups is 11. The van der Waals surface area contributed by atoms with Crippen LogP contribution in [-0.4, -0.2) is 177 Å². The number of fused-ring (bicyclic) bond motifs is 2. The summed E-state index contributed by atoms with van der Waals surface area (Å²) in [6.07, 6.45) is 36.8. The van der Waals surface area contributed by atoms with E-state index in [9.17, 15) is 52.7 Å². The van der Waals surface area contributed by atoms with Crippen molar-refractivity contribution in [1.29, 1.82) is 0 Å². The fourth-order valence-electron chi connectivity index (χ4n) is 16.3. The Kier molecular flexibility index (Phi) is 58.1. The molecular weight excluding hydrogens is 1850 g/mol. The van der Waals surface area contributed by atoms with Crippen LogP contribution in [-0.2, 0) is 90.6 Å². The van der Waals surface area contributed by atoms with Gasteiger partial charge in [0.15, 0.2) is 22.3 Å². The third-order valence-electron chi connectivity index (χ3n) is 25.2. The Morgan fingerprint density at radius 2 is 0.699 bits per heavy atom. The number of ether oxygens (including phenoxy) is 16. The van der Waals surface area contributed by atoms with Crippen molar-refractivity contribution in [3.8, 4) is 51.0 Å². The molecule has 0 spiro atoms. The van der Waals surface area contributed by atoms with Gasteiger partial charge in [0.05, 0.1) is 116 Å². The maximum absolute atomic E-state index is 13.2. The molecule has 0 amide bonds. The molecule has 0 aliphatic heterocycles. The highest BCUT2D eigenvalue weighted by molar-refractivity contribution is 7.22. The van der Waals surface area contributed by atoms with Crippen LogP contribution in [0.15, 0.2) is 171 Å². The number of rotatable bonds is 52. The van der Waals surface area contributed by atoms with Crippen LogP contribution in [0, 0.1) is 49.4 Å². The van der Waals surface area contributed by atoms with Crippen molar-refractivity contribution in [1.82, 2.24) is 4.98 Å². The minimum Gasteiger partial charge on any atom is -0.497 e. The van der Waals surface area contributed by atoms with E-state index in [0.29, 0.717) is 180 Å². The summed E-state index contributed by atoms with van der Waals surface area (Å²) in [6.45, 7) is 28.1. The van der Waals surface area contributed by atoms with Crippen molar-refractivity contribution in [3.63, 3.8) is 0 Å². The van der Waals surface area contributed by atoms with E-state index in [0.717, 1.165) is 172 Å². The first-order chi connectivity index (χ1) is 69.2. The van der Waals surface area contributed by atoms with Crippen LogP contribution in [0.25, 0.3) is 32.0 Å². The number of benzene rings is 5. The van der Waals surface area contributed by atoms with Crippen LogP contribution in [0.2, 0.25) is 0 Å². The van der Waals surface area contributed by atoms with E-state index >= 15 is 0 Å². The molecule has 30 heteroatoms. The van der Waals surface area contributed by atoms with Crippen molar-refractivity contribution in [2.24, 2.45) is 35.5 Å². The summed E-state index contributed by atoms with van der Waals surface area (Å²) in [4.78, 5) is 132. The van der Waals surface area contributed by atoms with Crippen molar-refractivity contribution in [2.45, 2.75) is 252 Å². The Hall–Kier alpha value is -12.3. The Morgan fingerprint density at radius 1 is 0.364 bits per heavy atom. The number of hydrogen-bond donors (Lipinski definition) is 0. The second-order valence-electron chi connectivity index (χ2n) is 35.4. The molecule has 7 aromatic rings. The van der Waals surface area contributed by atoms with Gasteiger partial charge in [-0.15, -0.1) is 11.3 Å². The molecule has 2 aromatic heterocycles. The largest absolute Gasteiger partial charge is 0.497 e. The van der Waals surface area contributed by atoms with Crippen LogP contribution in [0.1, 0.15) is 247 Å². The lowest BCUT2D eigenvalue weighted by molar-refractivity contribution is -0.151. The monoisotopic (exact) mass is 2000 g/mol. The van der Waals surface area contributed by atoms with Gasteiger partial charge in [0.1, 0.15) is 56.1 Å². The average Bonchev–Trinajstić information content (AvgIpc) is 1.61. The van der Waals surface area contributed by atoms with Crippen LogP contribution < -0.4 is 33.2 Å². The first-order valence-corrected chi connectivity index (χ1v) is 50.9. The van der Waals surface area contributed by atoms with E-state index in [1.54, 1.807) is 78.7 Å². The molecule has 0 bridgehead atoms. The highest BCUT2D eigenvalue weighted by Crippen LogP contribution is 2.44. The van der Waals surface area contributed by atoms with E-state index in [2.05, 4.69) is 39.0 Å². The predicted molar refractivity (Wildman–Crippen MR) is 549 cm³/mol. The van der Waals surface area contributed by atoms with Gasteiger partial charge in [-0.25, -0.2) is 33.8 Å². The quantitative estimate of drug-likeness (QED) is 0.0112. The summed E-state index contributed by atoms with van der Waals surface area (Å²) in [5.41, 5.74) is 3.91. The van der Waals surface area contributed by atoms with Crippen molar-refractivity contribution in [2.75, 3.05) is 95.0 Å². The fourth-order valence-corrected chi connectivity index (χ4v) is 17.3. The summed E-state index contributed by atoms with van der Waals surface area (Å²) in [7, 11) is 8.38. The molecule has 0 atom stereocenters. The van der Waals surface area contributed by atoms with Gasteiger partial charge >= 0.3 is 53.7 Å². The lowest BCUT2D eigenvalue weighted by Crippen LogP contribution is -2.28. The van der Waals surface area contributed by atoms with Gasteiger partial charge < -0.3 is 80.2 Å². The van der Waals surface area contributed by atoms with Crippen molar-refractivity contribution in [3.05, 3.63) is 183 Å². The van der Waals surface area contributed by atoms with Gasteiger partial charge in [0.25, 0.3) is 0 Å². The highest BCUT2D eigenvalue weighted by atomic mass is 32.1. The predicted octanol–water partition coefficient (Wildman–Crippen LogP) is 23.1. The number of methoxy groups -OCH3 is 5. The molecule has 0 saturated heterocycles. The zero-order chi connectivity index (χ0) is 104. The molecule has 782 valence electrons. The molecule has 4 fully saturated rings. The number of esters is 9. The molecule has 29 nitrogen and oxygen atoms in total. The van der Waals surface area contributed by atoms with Gasteiger partial charge in [-0.3, -0.25) is 24.0 Å². The van der Waals surface area contributed by atoms with Crippen LogP contribution in [0.4, 0.5) is 0 Å². The van der Waals surface area contributed by atoms with Gasteiger partial charge in [0.2, 0.25) is 0 Å². The van der Waals surface area contributed by atoms with Crippen LogP contribution in [0.3, 0.4) is 0 Å². The standard InChI is InChI=1S/C35H37NO7S.C17H22O5.C16H22O4.C16H28O3.C15H24O5.C14H18O4/c1-18-5-6-26-17-29(41-31(26)19(18)2)33-36-30-27(42-34(39)24-11-7-22(8-12-24)20(3)37)15-16-28(32(30)44-33)43-35(40)25-13-9-23(10-14-25)21(4)38;1-3-16(18)21-12-6-4-5-7-13-22-17(19)14-8-10-15(20-2)11-9-14;1-3-16(17)20-13-7-5-4-6-12-19-15-10-8-14(18-2)9-11-15;1-3-16(17)19-13-7-5-4-6-8-14-9-11-15(18-2)12-10-14;1-3-14(16)19-10-4-5-11-20-15(17)12-6-8-13(18-2)9-7-12;1-3-14(15)18-11-5-4-10-17-13-8-6-12(16-2)7-9-13/h5-6,15-17,22-25H,7-14H2,1-4H3;3,8-11H,1,4-7,12-13H2,2H3;3,8-11H,1,4-7,12-13H2,2H3;3,14-15H,1,4-13H2,2H3;3,12-13H,1,4-11H2,2H3;3,6-9H,1,4-5,10-11H2,2H3. The van der Waals surface area contributed by atoms with Crippen molar-refractivity contribution >= 4 is 97.8 Å². The summed E-state index contributed by atoms with van der Waals surface area (Å²) in [5.74, 6) is 2.96. The van der Waals surface area contributed by atoms with E-state index in [1.807, 2.05) is 81.6 Å². The molecule has 2 heterocycles. The maximum Gasteiger partial charge on any atom is 0.338 e. The number of aromatic nitrogens is 1. The van der Waals surface area contributed by atoms with Gasteiger partial charge in [0, 0.05) is 61.8 Å². The van der Waals surface area contributed by atoms with E-state index in [1.165, 1.54) is 68.4 Å². The van der Waals surface area contributed by atoms with E-state index < -0.39 is 11.9 Å². The Labute approximate surface area is 847 Å². The topological polar surface area (TPSA) is 361 Å². The molecule has 0 unspecified atom stereocenters. The smallest absolute Gasteiger partial charge is 0.338 e. The molecule has 143 heavy (non-hydrogen) atoms. The zero-order valence-corrected chi connectivity index (χ0v) is 86.2. The van der Waals surface area contributed by atoms with E-state index in [4.69, 9.17) is 85.2 Å². The SMILES string of the molecule is C=CC(=O)OCCCCCCC1CCC(OC)CC1.C=CC(=O)OCCCCCCOC(=O)c1ccc(OC)cc1.C=CC(=O)OCCCCCCOc1ccc(OC)cc1.C=CC(=O)OCCCCOC(=O)C1CCC(OC)CC1.C=CC(=O)OCCCCOc1ccc(OC)cc1.CC(=O)C1CCC(C(=O)Oc2ccc(OC(=O)C3CCC(C(C)=O)CC3)c3sc(-c4cc5ccc(C)c(C)c5o4)nc23)CC1. The van der Waals surface area contributed by atoms with Crippen LogP contribution in [0.5, 0.6) is 40.2 Å². The molecule has 4 saturated carbocycles.